The van der Waals surface area contributed by atoms with Crippen LogP contribution in [0.15, 0.2) is 42.5 Å². The largest absolute Gasteiger partial charge is 0.489 e. The van der Waals surface area contributed by atoms with E-state index in [1.54, 1.807) is 18.2 Å². The van der Waals surface area contributed by atoms with Crippen molar-refractivity contribution in [2.75, 3.05) is 38.3 Å². The second-order valence-corrected chi connectivity index (χ2v) is 15.2. The van der Waals surface area contributed by atoms with Gasteiger partial charge in [0.05, 0.1) is 11.9 Å². The Morgan fingerprint density at radius 2 is 2.05 bits per heavy atom. The zero-order valence-corrected chi connectivity index (χ0v) is 26.8. The summed E-state index contributed by atoms with van der Waals surface area (Å²) >= 11 is 6.38. The number of ether oxygens (including phenoxy) is 2. The standard InChI is InChI=1S/C33H40ClN3O6S/c1-21-5-3-7-28(38)25-10-8-23(25)18-37-19-33(15-4-6-22-17-24(34)9-11-26(22)33)20-43-29-13-12-27(35-31(29)37)32(39)36-44(40,41)30(21)14-16-42-2/h3,7,9,11-13,17,21,23,25,30H,4-6,8,10,14-16,18-20H2,1-2H3,(H,36,39)/b7-3+/t21?,23-,25+,30+,33-/m0/s1. The maximum absolute atomic E-state index is 13.5. The fraction of sp³-hybridized carbons (Fsp3) is 0.545. The van der Waals surface area contributed by atoms with Gasteiger partial charge in [-0.3, -0.25) is 9.59 Å². The van der Waals surface area contributed by atoms with Crippen molar-refractivity contribution in [3.8, 4) is 5.75 Å². The molecule has 2 aliphatic carbocycles. The molecule has 2 aliphatic heterocycles. The predicted molar refractivity (Wildman–Crippen MR) is 169 cm³/mol. The number of hydrogen-bond acceptors (Lipinski definition) is 8. The van der Waals surface area contributed by atoms with Gasteiger partial charge in [-0.2, -0.15) is 0 Å². The zero-order valence-electron chi connectivity index (χ0n) is 25.3. The van der Waals surface area contributed by atoms with E-state index < -0.39 is 21.2 Å². The van der Waals surface area contributed by atoms with Crippen molar-refractivity contribution in [1.82, 2.24) is 9.71 Å². The van der Waals surface area contributed by atoms with Crippen LogP contribution in [0.25, 0.3) is 0 Å². The molecule has 1 amide bonds. The number of carbonyl (C=O) groups excluding carboxylic acids is 2. The van der Waals surface area contributed by atoms with E-state index in [1.807, 2.05) is 19.1 Å². The minimum absolute atomic E-state index is 0.000860. The van der Waals surface area contributed by atoms with Crippen LogP contribution in [0, 0.1) is 17.8 Å². The molecule has 11 heteroatoms. The van der Waals surface area contributed by atoms with Crippen molar-refractivity contribution in [3.63, 3.8) is 0 Å². The number of benzene rings is 1. The number of aryl methyl sites for hydroxylation is 1. The van der Waals surface area contributed by atoms with E-state index in [4.69, 9.17) is 26.1 Å². The molecular weight excluding hydrogens is 602 g/mol. The second kappa shape index (κ2) is 12.4. The first-order valence-electron chi connectivity index (χ1n) is 15.5. The molecule has 2 bridgehead atoms. The molecule has 1 unspecified atom stereocenters. The lowest BCUT2D eigenvalue weighted by Gasteiger charge is -2.43. The summed E-state index contributed by atoms with van der Waals surface area (Å²) in [5.74, 6) is -0.00478. The number of hydrogen-bond donors (Lipinski definition) is 1. The molecule has 1 aromatic heterocycles. The molecular formula is C33H40ClN3O6S. The van der Waals surface area contributed by atoms with Crippen LogP contribution in [-0.2, 0) is 31.4 Å². The van der Waals surface area contributed by atoms with Crippen LogP contribution in [-0.4, -0.2) is 63.8 Å². The van der Waals surface area contributed by atoms with Crippen LogP contribution < -0.4 is 14.4 Å². The molecule has 4 aliphatic rings. The van der Waals surface area contributed by atoms with Crippen molar-refractivity contribution >= 4 is 39.1 Å². The van der Waals surface area contributed by atoms with Crippen LogP contribution in [0.3, 0.4) is 0 Å². The molecule has 236 valence electrons. The lowest BCUT2D eigenvalue weighted by atomic mass is 9.69. The topological polar surface area (TPSA) is 115 Å². The molecule has 6 rings (SSSR count). The molecule has 1 saturated carbocycles. The fourth-order valence-corrected chi connectivity index (χ4v) is 9.30. The Morgan fingerprint density at radius 3 is 2.82 bits per heavy atom. The third kappa shape index (κ3) is 6.00. The van der Waals surface area contributed by atoms with Gasteiger partial charge in [0.1, 0.15) is 5.69 Å². The number of anilines is 1. The van der Waals surface area contributed by atoms with Gasteiger partial charge >= 0.3 is 0 Å². The van der Waals surface area contributed by atoms with Gasteiger partial charge in [-0.25, -0.2) is 18.1 Å². The number of carbonyl (C=O) groups is 2. The van der Waals surface area contributed by atoms with Crippen LogP contribution in [0.4, 0.5) is 5.82 Å². The minimum Gasteiger partial charge on any atom is -0.489 e. The quantitative estimate of drug-likeness (QED) is 0.505. The zero-order chi connectivity index (χ0) is 31.1. The monoisotopic (exact) mass is 641 g/mol. The van der Waals surface area contributed by atoms with Gasteiger partial charge in [0.25, 0.3) is 5.91 Å². The number of ketones is 1. The maximum Gasteiger partial charge on any atom is 0.283 e. The van der Waals surface area contributed by atoms with Crippen molar-refractivity contribution < 1.29 is 27.5 Å². The Balaban J connectivity index is 1.41. The summed E-state index contributed by atoms with van der Waals surface area (Å²) in [5.41, 5.74) is 2.08. The van der Waals surface area contributed by atoms with Gasteiger partial charge in [0, 0.05) is 43.2 Å². The van der Waals surface area contributed by atoms with E-state index in [2.05, 4.69) is 15.7 Å². The van der Waals surface area contributed by atoms with E-state index in [-0.39, 0.29) is 47.7 Å². The van der Waals surface area contributed by atoms with Crippen molar-refractivity contribution in [2.45, 2.75) is 62.5 Å². The van der Waals surface area contributed by atoms with Crippen molar-refractivity contribution in [2.24, 2.45) is 17.8 Å². The van der Waals surface area contributed by atoms with Crippen molar-refractivity contribution in [1.29, 1.82) is 0 Å². The first-order valence-corrected chi connectivity index (χ1v) is 17.5. The third-order valence-electron chi connectivity index (χ3n) is 10.0. The number of nitrogens with one attached hydrogen (secondary N) is 1. The third-order valence-corrected chi connectivity index (χ3v) is 12.2. The van der Waals surface area contributed by atoms with E-state index >= 15 is 0 Å². The number of nitrogens with zero attached hydrogens (tertiary/aromatic N) is 2. The van der Waals surface area contributed by atoms with Crippen LogP contribution in [0.5, 0.6) is 5.75 Å². The Hall–Kier alpha value is -2.95. The highest BCUT2D eigenvalue weighted by molar-refractivity contribution is 7.90. The SMILES string of the molecule is COCC[C@@H]1C(C)C/C=C/C(=O)[C@@H]2CC[C@H]2CN2C[C@@]3(CCCc4cc(Cl)ccc43)COc3ccc(nc32)C(=O)NS1(=O)=O. The molecule has 1 aromatic carbocycles. The van der Waals surface area contributed by atoms with Crippen LogP contribution in [0.2, 0.25) is 5.02 Å². The van der Waals surface area contributed by atoms with Gasteiger partial charge in [0.15, 0.2) is 17.4 Å². The highest BCUT2D eigenvalue weighted by atomic mass is 35.5. The normalized spacial score (nSPS) is 30.7. The number of methoxy groups -OCH3 is 1. The number of sulfonamides is 1. The second-order valence-electron chi connectivity index (χ2n) is 12.9. The number of fused-ring (bicyclic) bond motifs is 4. The molecule has 1 spiro atoms. The Labute approximate surface area is 264 Å². The molecule has 1 fully saturated rings. The highest BCUT2D eigenvalue weighted by Crippen LogP contribution is 2.45. The summed E-state index contributed by atoms with van der Waals surface area (Å²) < 4.78 is 41.0. The maximum atomic E-state index is 13.5. The highest BCUT2D eigenvalue weighted by Gasteiger charge is 2.45. The number of pyridine rings is 1. The minimum atomic E-state index is -4.09. The number of aromatic nitrogens is 1. The van der Waals surface area contributed by atoms with E-state index in [1.165, 1.54) is 24.3 Å². The number of halogens is 1. The smallest absolute Gasteiger partial charge is 0.283 e. The van der Waals surface area contributed by atoms with Crippen LogP contribution >= 0.6 is 11.6 Å². The van der Waals surface area contributed by atoms with Gasteiger partial charge in [-0.15, -0.1) is 0 Å². The van der Waals surface area contributed by atoms with Gasteiger partial charge in [-0.1, -0.05) is 30.7 Å². The summed E-state index contributed by atoms with van der Waals surface area (Å²) in [5, 5.41) is -0.186. The average Bonchev–Trinajstić information content (AvgIpc) is 3.11. The molecule has 0 saturated heterocycles. The fourth-order valence-electron chi connectivity index (χ4n) is 7.46. The lowest BCUT2D eigenvalue weighted by molar-refractivity contribution is -0.122. The summed E-state index contributed by atoms with van der Waals surface area (Å²) in [6, 6.07) is 9.30. The molecule has 3 heterocycles. The first kappa shape index (κ1) is 31.0. The van der Waals surface area contributed by atoms with Crippen molar-refractivity contribution in [3.05, 3.63) is 64.3 Å². The molecule has 44 heavy (non-hydrogen) atoms. The summed E-state index contributed by atoms with van der Waals surface area (Å²) in [6.07, 6.45) is 8.57. The molecule has 5 atom stereocenters. The Morgan fingerprint density at radius 1 is 1.20 bits per heavy atom. The molecule has 2 aromatic rings. The van der Waals surface area contributed by atoms with Gasteiger partial charge in [0.2, 0.25) is 10.0 Å². The Bertz CT molecular complexity index is 1580. The molecule has 1 N–H and O–H groups in total. The summed E-state index contributed by atoms with van der Waals surface area (Å²) in [4.78, 5) is 33.7. The summed E-state index contributed by atoms with van der Waals surface area (Å²) in [6.45, 7) is 3.64. The molecule has 0 radical (unpaired) electrons. The van der Waals surface area contributed by atoms with Gasteiger partial charge in [-0.05, 0) is 98.2 Å². The van der Waals surface area contributed by atoms with Crippen LogP contribution in [0.1, 0.15) is 67.1 Å². The van der Waals surface area contributed by atoms with E-state index in [0.717, 1.165) is 32.1 Å². The van der Waals surface area contributed by atoms with Gasteiger partial charge < -0.3 is 14.4 Å². The van der Waals surface area contributed by atoms with E-state index in [9.17, 15) is 18.0 Å². The number of amides is 1. The average molecular weight is 642 g/mol. The predicted octanol–water partition coefficient (Wildman–Crippen LogP) is 4.86. The lowest BCUT2D eigenvalue weighted by Crippen LogP contribution is -2.49. The number of rotatable bonds is 3. The summed E-state index contributed by atoms with van der Waals surface area (Å²) in [7, 11) is -2.58. The number of allylic oxidation sites excluding steroid dienone is 2. The Kier molecular flexibility index (Phi) is 8.78. The van der Waals surface area contributed by atoms with E-state index in [0.29, 0.717) is 42.7 Å². The molecule has 9 nitrogen and oxygen atoms in total. The first-order chi connectivity index (χ1) is 21.1.